The molecule has 2 aromatic rings. The number of hydrogen-bond donors (Lipinski definition) is 1. The molecule has 1 aromatic carbocycles. The Bertz CT molecular complexity index is 558. The Morgan fingerprint density at radius 2 is 1.89 bits per heavy atom. The molecule has 0 saturated carbocycles. The van der Waals surface area contributed by atoms with E-state index >= 15 is 0 Å². The average Bonchev–Trinajstić information content (AvgIpc) is 2.74. The molecule has 0 aliphatic rings. The second kappa shape index (κ2) is 5.04. The summed E-state index contributed by atoms with van der Waals surface area (Å²) in [4.78, 5) is 11.1. The van der Waals surface area contributed by atoms with Crippen molar-refractivity contribution in [3.05, 3.63) is 47.9 Å². The monoisotopic (exact) mass is 247 g/mol. The minimum Gasteiger partial charge on any atom is -0.477 e. The van der Waals surface area contributed by atoms with Crippen molar-refractivity contribution in [1.29, 1.82) is 0 Å². The molecule has 94 valence electrons. The molecule has 0 amide bonds. The molecule has 0 bridgehead atoms. The molecule has 18 heavy (non-hydrogen) atoms. The quantitative estimate of drug-likeness (QED) is 0.899. The highest BCUT2D eigenvalue weighted by Gasteiger charge is 2.14. The number of halogens is 1. The highest BCUT2D eigenvalue weighted by Crippen LogP contribution is 2.23. The van der Waals surface area contributed by atoms with Crippen molar-refractivity contribution >= 4 is 5.97 Å². The molecule has 0 unspecified atom stereocenters. The zero-order valence-corrected chi connectivity index (χ0v) is 10.1. The molecular weight excluding hydrogens is 233 g/mol. The fraction of sp³-hybridized carbons (Fsp3) is 0.214. The number of carbonyl (C=O) groups is 1. The standard InChI is InChI=1S/C14H14FNO2/c1-2-9-16-12(7-8-13(16)14(17)18)10-3-5-11(15)6-4-10/h3-8H,2,9H2,1H3,(H,17,18). The third-order valence-electron chi connectivity index (χ3n) is 2.79. The van der Waals surface area contributed by atoms with Crippen LogP contribution in [0.4, 0.5) is 4.39 Å². The molecule has 3 nitrogen and oxygen atoms in total. The van der Waals surface area contributed by atoms with Crippen molar-refractivity contribution in [2.45, 2.75) is 19.9 Å². The van der Waals surface area contributed by atoms with E-state index in [1.54, 1.807) is 28.8 Å². The molecule has 1 heterocycles. The van der Waals surface area contributed by atoms with Crippen LogP contribution in [0.5, 0.6) is 0 Å². The summed E-state index contributed by atoms with van der Waals surface area (Å²) in [7, 11) is 0. The summed E-state index contributed by atoms with van der Waals surface area (Å²) in [5, 5.41) is 9.12. The smallest absolute Gasteiger partial charge is 0.352 e. The lowest BCUT2D eigenvalue weighted by atomic mass is 10.1. The van der Waals surface area contributed by atoms with E-state index in [1.165, 1.54) is 12.1 Å². The Labute approximate surface area is 104 Å². The van der Waals surface area contributed by atoms with Gasteiger partial charge in [0.2, 0.25) is 0 Å². The fourth-order valence-corrected chi connectivity index (χ4v) is 1.99. The molecular formula is C14H14FNO2. The molecule has 0 radical (unpaired) electrons. The molecule has 4 heteroatoms. The van der Waals surface area contributed by atoms with Gasteiger partial charge < -0.3 is 9.67 Å². The number of rotatable bonds is 4. The number of hydrogen-bond acceptors (Lipinski definition) is 1. The number of carboxylic acids is 1. The maximum absolute atomic E-state index is 12.9. The zero-order valence-electron chi connectivity index (χ0n) is 10.1. The van der Waals surface area contributed by atoms with Gasteiger partial charge in [0.25, 0.3) is 0 Å². The molecule has 1 N–H and O–H groups in total. The van der Waals surface area contributed by atoms with Crippen LogP contribution in [-0.4, -0.2) is 15.6 Å². The van der Waals surface area contributed by atoms with E-state index in [9.17, 15) is 9.18 Å². The van der Waals surface area contributed by atoms with E-state index in [0.29, 0.717) is 6.54 Å². The molecule has 2 rings (SSSR count). The topological polar surface area (TPSA) is 42.2 Å². The van der Waals surface area contributed by atoms with Crippen LogP contribution in [0.1, 0.15) is 23.8 Å². The summed E-state index contributed by atoms with van der Waals surface area (Å²) in [6.07, 6.45) is 0.836. The van der Waals surface area contributed by atoms with Crippen LogP contribution in [0.15, 0.2) is 36.4 Å². The van der Waals surface area contributed by atoms with Crippen molar-refractivity contribution in [1.82, 2.24) is 4.57 Å². The normalized spacial score (nSPS) is 10.6. The summed E-state index contributed by atoms with van der Waals surface area (Å²) in [5.74, 6) is -1.25. The van der Waals surface area contributed by atoms with Gasteiger partial charge in [0.15, 0.2) is 0 Å². The highest BCUT2D eigenvalue weighted by atomic mass is 19.1. The van der Waals surface area contributed by atoms with Gasteiger partial charge in [-0.2, -0.15) is 0 Å². The number of carboxylic acid groups (broad SMARTS) is 1. The Morgan fingerprint density at radius 3 is 2.44 bits per heavy atom. The Balaban J connectivity index is 2.50. The van der Waals surface area contributed by atoms with Crippen molar-refractivity contribution < 1.29 is 14.3 Å². The number of nitrogens with zero attached hydrogens (tertiary/aromatic N) is 1. The largest absolute Gasteiger partial charge is 0.477 e. The van der Waals surface area contributed by atoms with Gasteiger partial charge in [0.05, 0.1) is 0 Å². The van der Waals surface area contributed by atoms with E-state index in [2.05, 4.69) is 0 Å². The third kappa shape index (κ3) is 2.27. The number of benzene rings is 1. The van der Waals surface area contributed by atoms with Crippen molar-refractivity contribution in [2.75, 3.05) is 0 Å². The Morgan fingerprint density at radius 1 is 1.22 bits per heavy atom. The van der Waals surface area contributed by atoms with Crippen LogP contribution in [0.2, 0.25) is 0 Å². The van der Waals surface area contributed by atoms with Crippen LogP contribution in [0.25, 0.3) is 11.3 Å². The van der Waals surface area contributed by atoms with Gasteiger partial charge in [-0.1, -0.05) is 6.92 Å². The highest BCUT2D eigenvalue weighted by molar-refractivity contribution is 5.87. The van der Waals surface area contributed by atoms with E-state index in [-0.39, 0.29) is 11.5 Å². The predicted octanol–water partition coefficient (Wildman–Crippen LogP) is 3.40. The summed E-state index contributed by atoms with van der Waals surface area (Å²) in [6, 6.07) is 9.39. The number of aromatic nitrogens is 1. The lowest BCUT2D eigenvalue weighted by Gasteiger charge is -2.10. The van der Waals surface area contributed by atoms with E-state index in [4.69, 9.17) is 5.11 Å². The maximum atomic E-state index is 12.9. The van der Waals surface area contributed by atoms with E-state index < -0.39 is 5.97 Å². The fourth-order valence-electron chi connectivity index (χ4n) is 1.99. The maximum Gasteiger partial charge on any atom is 0.352 e. The number of aromatic carboxylic acids is 1. The average molecular weight is 247 g/mol. The van der Waals surface area contributed by atoms with Gasteiger partial charge in [-0.05, 0) is 48.4 Å². The third-order valence-corrected chi connectivity index (χ3v) is 2.79. The minimum atomic E-state index is -0.947. The first kappa shape index (κ1) is 12.4. The SMILES string of the molecule is CCCn1c(C(=O)O)ccc1-c1ccc(F)cc1. The lowest BCUT2D eigenvalue weighted by Crippen LogP contribution is -2.09. The zero-order chi connectivity index (χ0) is 13.1. The molecule has 0 atom stereocenters. The summed E-state index contributed by atoms with van der Waals surface area (Å²) >= 11 is 0. The first-order chi connectivity index (χ1) is 8.63. The molecule has 0 aliphatic heterocycles. The van der Waals surface area contributed by atoms with E-state index in [0.717, 1.165) is 17.7 Å². The van der Waals surface area contributed by atoms with Crippen LogP contribution < -0.4 is 0 Å². The van der Waals surface area contributed by atoms with Gasteiger partial charge in [0, 0.05) is 12.2 Å². The van der Waals surface area contributed by atoms with Gasteiger partial charge in [0.1, 0.15) is 11.5 Å². The molecule has 1 aromatic heterocycles. The van der Waals surface area contributed by atoms with Crippen LogP contribution in [0.3, 0.4) is 0 Å². The minimum absolute atomic E-state index is 0.260. The molecule has 0 aliphatic carbocycles. The molecule has 0 fully saturated rings. The van der Waals surface area contributed by atoms with Gasteiger partial charge in [-0.25, -0.2) is 9.18 Å². The molecule has 0 saturated heterocycles. The Kier molecular flexibility index (Phi) is 3.46. The lowest BCUT2D eigenvalue weighted by molar-refractivity contribution is 0.0685. The van der Waals surface area contributed by atoms with Gasteiger partial charge >= 0.3 is 5.97 Å². The predicted molar refractivity (Wildman–Crippen MR) is 67.1 cm³/mol. The van der Waals surface area contributed by atoms with Crippen molar-refractivity contribution in [2.24, 2.45) is 0 Å². The van der Waals surface area contributed by atoms with Crippen LogP contribution >= 0.6 is 0 Å². The second-order valence-corrected chi connectivity index (χ2v) is 4.07. The molecule has 0 spiro atoms. The van der Waals surface area contributed by atoms with Crippen molar-refractivity contribution in [3.63, 3.8) is 0 Å². The van der Waals surface area contributed by atoms with Gasteiger partial charge in [-0.3, -0.25) is 0 Å². The first-order valence-corrected chi connectivity index (χ1v) is 5.82. The summed E-state index contributed by atoms with van der Waals surface area (Å²) in [6.45, 7) is 2.61. The first-order valence-electron chi connectivity index (χ1n) is 5.82. The summed E-state index contributed by atoms with van der Waals surface area (Å²) in [5.41, 5.74) is 1.88. The van der Waals surface area contributed by atoms with Crippen molar-refractivity contribution in [3.8, 4) is 11.3 Å². The summed E-state index contributed by atoms with van der Waals surface area (Å²) < 4.78 is 14.6. The van der Waals surface area contributed by atoms with Gasteiger partial charge in [-0.15, -0.1) is 0 Å². The van der Waals surface area contributed by atoms with E-state index in [1.807, 2.05) is 6.92 Å². The van der Waals surface area contributed by atoms with Crippen LogP contribution in [0, 0.1) is 5.82 Å². The van der Waals surface area contributed by atoms with Crippen LogP contribution in [-0.2, 0) is 6.54 Å². The Hall–Kier alpha value is -2.10. The second-order valence-electron chi connectivity index (χ2n) is 4.07.